The Balaban J connectivity index is 1.60. The normalized spacial score (nSPS) is 15.1. The second-order valence-corrected chi connectivity index (χ2v) is 8.64. The Bertz CT molecular complexity index is 1040. The van der Waals surface area contributed by atoms with E-state index in [0.717, 1.165) is 43.1 Å². The molecular weight excluding hydrogens is 388 g/mol. The number of hydrogen-bond acceptors (Lipinski definition) is 4. The molecule has 31 heavy (non-hydrogen) atoms. The second kappa shape index (κ2) is 9.04. The van der Waals surface area contributed by atoms with Gasteiger partial charge in [0.05, 0.1) is 24.5 Å². The molecule has 6 heteroatoms. The van der Waals surface area contributed by atoms with Gasteiger partial charge in [-0.15, -0.1) is 0 Å². The first-order valence-corrected chi connectivity index (χ1v) is 10.8. The lowest BCUT2D eigenvalue weighted by molar-refractivity contribution is -0.00923. The van der Waals surface area contributed by atoms with Crippen molar-refractivity contribution in [2.24, 2.45) is 0 Å². The number of ether oxygens (including phenoxy) is 1. The number of aryl methyl sites for hydroxylation is 1. The highest BCUT2D eigenvalue weighted by atomic mass is 16.5. The third kappa shape index (κ3) is 4.86. The SMILES string of the molecule is Cc1cccc(-n2cc(C(=O)NCC(C)(C)N3CCOCC3)c(-c3ccccc3)n2)c1. The van der Waals surface area contributed by atoms with E-state index in [9.17, 15) is 4.79 Å². The number of carbonyl (C=O) groups is 1. The van der Waals surface area contributed by atoms with Crippen molar-refractivity contribution in [3.8, 4) is 16.9 Å². The zero-order valence-corrected chi connectivity index (χ0v) is 18.5. The zero-order valence-electron chi connectivity index (χ0n) is 18.5. The summed E-state index contributed by atoms with van der Waals surface area (Å²) in [5.41, 5.74) is 4.11. The van der Waals surface area contributed by atoms with Crippen molar-refractivity contribution in [2.75, 3.05) is 32.8 Å². The highest BCUT2D eigenvalue weighted by Crippen LogP contribution is 2.24. The van der Waals surface area contributed by atoms with Gasteiger partial charge in [-0.3, -0.25) is 9.69 Å². The summed E-state index contributed by atoms with van der Waals surface area (Å²) >= 11 is 0. The van der Waals surface area contributed by atoms with Gasteiger partial charge in [-0.25, -0.2) is 4.68 Å². The molecule has 0 spiro atoms. The maximum Gasteiger partial charge on any atom is 0.255 e. The van der Waals surface area contributed by atoms with Gasteiger partial charge in [0.15, 0.2) is 0 Å². The van der Waals surface area contributed by atoms with Crippen LogP contribution in [0.15, 0.2) is 60.8 Å². The van der Waals surface area contributed by atoms with E-state index in [-0.39, 0.29) is 11.4 Å². The van der Waals surface area contributed by atoms with Crippen molar-refractivity contribution in [2.45, 2.75) is 26.3 Å². The molecule has 1 aliphatic rings. The molecule has 0 saturated carbocycles. The van der Waals surface area contributed by atoms with Gasteiger partial charge in [0, 0.05) is 36.9 Å². The maximum absolute atomic E-state index is 13.3. The van der Waals surface area contributed by atoms with Gasteiger partial charge in [0.1, 0.15) is 5.69 Å². The molecule has 4 rings (SSSR count). The summed E-state index contributed by atoms with van der Waals surface area (Å²) < 4.78 is 7.26. The predicted octanol–water partition coefficient (Wildman–Crippen LogP) is 3.69. The topological polar surface area (TPSA) is 59.4 Å². The third-order valence-electron chi connectivity index (χ3n) is 5.82. The summed E-state index contributed by atoms with van der Waals surface area (Å²) in [6, 6.07) is 18.0. The average Bonchev–Trinajstić information content (AvgIpc) is 3.24. The van der Waals surface area contributed by atoms with E-state index in [1.54, 1.807) is 4.68 Å². The molecule has 0 unspecified atom stereocenters. The fourth-order valence-electron chi connectivity index (χ4n) is 3.92. The molecule has 0 radical (unpaired) electrons. The number of rotatable bonds is 6. The van der Waals surface area contributed by atoms with Crippen molar-refractivity contribution < 1.29 is 9.53 Å². The third-order valence-corrected chi connectivity index (χ3v) is 5.82. The molecule has 0 bridgehead atoms. The lowest BCUT2D eigenvalue weighted by atomic mass is 10.0. The van der Waals surface area contributed by atoms with E-state index >= 15 is 0 Å². The first-order valence-electron chi connectivity index (χ1n) is 10.8. The first-order chi connectivity index (χ1) is 14.9. The number of morpholine rings is 1. The Hall–Kier alpha value is -2.96. The van der Waals surface area contributed by atoms with Crippen molar-refractivity contribution in [1.29, 1.82) is 0 Å². The fourth-order valence-corrected chi connectivity index (χ4v) is 3.92. The zero-order chi connectivity index (χ0) is 21.8. The highest BCUT2D eigenvalue weighted by Gasteiger charge is 2.29. The molecular formula is C25H30N4O2. The van der Waals surface area contributed by atoms with E-state index in [0.29, 0.717) is 17.8 Å². The van der Waals surface area contributed by atoms with Gasteiger partial charge in [0.25, 0.3) is 5.91 Å². The minimum atomic E-state index is -0.154. The molecule has 162 valence electrons. The van der Waals surface area contributed by atoms with E-state index in [1.165, 1.54) is 0 Å². The van der Waals surface area contributed by atoms with Crippen LogP contribution in [0.1, 0.15) is 29.8 Å². The Morgan fingerprint density at radius 2 is 1.84 bits per heavy atom. The standard InChI is InChI=1S/C25H30N4O2/c1-19-8-7-11-21(16-19)29-17-22(23(27-29)20-9-5-4-6-10-20)24(30)26-18-25(2,3)28-12-14-31-15-13-28/h4-11,16-17H,12-15,18H2,1-3H3,(H,26,30). The quantitative estimate of drug-likeness (QED) is 0.663. The monoisotopic (exact) mass is 418 g/mol. The fraction of sp³-hybridized carbons (Fsp3) is 0.360. The number of benzene rings is 2. The lowest BCUT2D eigenvalue weighted by Gasteiger charge is -2.40. The van der Waals surface area contributed by atoms with Crippen LogP contribution in [0.3, 0.4) is 0 Å². The smallest absolute Gasteiger partial charge is 0.255 e. The molecule has 1 fully saturated rings. The van der Waals surface area contributed by atoms with Crippen LogP contribution >= 0.6 is 0 Å². The van der Waals surface area contributed by atoms with Crippen LogP contribution in [0.2, 0.25) is 0 Å². The summed E-state index contributed by atoms with van der Waals surface area (Å²) in [5.74, 6) is -0.112. The van der Waals surface area contributed by atoms with Crippen molar-refractivity contribution >= 4 is 5.91 Å². The van der Waals surface area contributed by atoms with Crippen LogP contribution in [-0.4, -0.2) is 59.0 Å². The van der Waals surface area contributed by atoms with Crippen molar-refractivity contribution in [3.05, 3.63) is 71.9 Å². The van der Waals surface area contributed by atoms with Gasteiger partial charge in [-0.05, 0) is 38.5 Å². The highest BCUT2D eigenvalue weighted by molar-refractivity contribution is 6.00. The summed E-state index contributed by atoms with van der Waals surface area (Å²) in [6.45, 7) is 10.1. The molecule has 1 amide bonds. The Morgan fingerprint density at radius 3 is 2.55 bits per heavy atom. The molecule has 1 aliphatic heterocycles. The number of nitrogens with zero attached hydrogens (tertiary/aromatic N) is 3. The minimum Gasteiger partial charge on any atom is -0.379 e. The molecule has 1 aromatic heterocycles. The van der Waals surface area contributed by atoms with Crippen LogP contribution in [0.5, 0.6) is 0 Å². The van der Waals surface area contributed by atoms with Gasteiger partial charge < -0.3 is 10.1 Å². The van der Waals surface area contributed by atoms with Crippen LogP contribution in [-0.2, 0) is 4.74 Å². The molecule has 6 nitrogen and oxygen atoms in total. The Kier molecular flexibility index (Phi) is 6.20. The lowest BCUT2D eigenvalue weighted by Crippen LogP contribution is -2.55. The van der Waals surface area contributed by atoms with Gasteiger partial charge in [-0.1, -0.05) is 42.5 Å². The number of nitrogens with one attached hydrogen (secondary N) is 1. The number of hydrogen-bond donors (Lipinski definition) is 1. The second-order valence-electron chi connectivity index (χ2n) is 8.64. The van der Waals surface area contributed by atoms with E-state index in [1.807, 2.05) is 61.7 Å². The number of carbonyl (C=O) groups excluding carboxylic acids is 1. The van der Waals surface area contributed by atoms with E-state index < -0.39 is 0 Å². The van der Waals surface area contributed by atoms with Gasteiger partial charge in [0.2, 0.25) is 0 Å². The molecule has 1 N–H and O–H groups in total. The minimum absolute atomic E-state index is 0.112. The Morgan fingerprint density at radius 1 is 1.10 bits per heavy atom. The Labute approximate surface area is 183 Å². The summed E-state index contributed by atoms with van der Waals surface area (Å²) in [4.78, 5) is 15.6. The van der Waals surface area contributed by atoms with Crippen LogP contribution in [0.4, 0.5) is 0 Å². The number of aromatic nitrogens is 2. The molecule has 0 aliphatic carbocycles. The summed E-state index contributed by atoms with van der Waals surface area (Å²) in [6.07, 6.45) is 1.83. The van der Waals surface area contributed by atoms with Gasteiger partial charge in [-0.2, -0.15) is 5.10 Å². The molecule has 2 heterocycles. The average molecular weight is 419 g/mol. The molecule has 2 aromatic carbocycles. The van der Waals surface area contributed by atoms with Crippen molar-refractivity contribution in [1.82, 2.24) is 20.0 Å². The molecule has 1 saturated heterocycles. The predicted molar refractivity (Wildman–Crippen MR) is 123 cm³/mol. The summed E-state index contributed by atoms with van der Waals surface area (Å²) in [7, 11) is 0. The maximum atomic E-state index is 13.3. The van der Waals surface area contributed by atoms with Crippen LogP contribution in [0.25, 0.3) is 16.9 Å². The largest absolute Gasteiger partial charge is 0.379 e. The van der Waals surface area contributed by atoms with E-state index in [4.69, 9.17) is 9.84 Å². The first kappa shape index (κ1) is 21.3. The molecule has 0 atom stereocenters. The summed E-state index contributed by atoms with van der Waals surface area (Å²) in [5, 5.41) is 7.92. The van der Waals surface area contributed by atoms with Crippen LogP contribution in [0, 0.1) is 6.92 Å². The van der Waals surface area contributed by atoms with E-state index in [2.05, 4.69) is 30.1 Å². The van der Waals surface area contributed by atoms with Crippen LogP contribution < -0.4 is 5.32 Å². The number of amides is 1. The molecule has 3 aromatic rings. The van der Waals surface area contributed by atoms with Gasteiger partial charge >= 0.3 is 0 Å². The van der Waals surface area contributed by atoms with Crippen molar-refractivity contribution in [3.63, 3.8) is 0 Å².